The van der Waals surface area contributed by atoms with E-state index in [4.69, 9.17) is 19.3 Å². The number of aliphatic carboxylic acids is 1. The summed E-state index contributed by atoms with van der Waals surface area (Å²) in [6, 6.07) is 16.7. The third kappa shape index (κ3) is 7.42. The Balaban J connectivity index is 0.00000115. The lowest BCUT2D eigenvalue weighted by Gasteiger charge is -2.33. The van der Waals surface area contributed by atoms with Crippen LogP contribution in [0.25, 0.3) is 11.1 Å². The number of hydrogen-bond acceptors (Lipinski definition) is 4. The average Bonchev–Trinajstić information content (AvgIpc) is 3.81. The fourth-order valence-corrected chi connectivity index (χ4v) is 5.08. The predicted octanol–water partition coefficient (Wildman–Crippen LogP) is 8.49. The van der Waals surface area contributed by atoms with Crippen molar-refractivity contribution >= 4 is 5.97 Å². The molecule has 1 aliphatic carbocycles. The molecule has 1 N–H and O–H groups in total. The Bertz CT molecular complexity index is 1320. The summed E-state index contributed by atoms with van der Waals surface area (Å²) < 4.78 is 32.8. The standard InChI is InChI=1S/C31H35FO5.C3H6/c1-31(2,3)30(36-5)25-17-21(9-12-23(25)24-18-22(35-4)11-13-26(24)32)27-14-10-20-8-6-19(7-15-29(33)34)16-28(20)37-27;1-2-3-1/h6,8-9,11-13,16-18,27,30H,7,10,14-15H2,1-5H3,(H,33,34);1-3H2. The van der Waals surface area contributed by atoms with Gasteiger partial charge in [-0.25, -0.2) is 4.39 Å². The smallest absolute Gasteiger partial charge is 0.303 e. The van der Waals surface area contributed by atoms with Crippen molar-refractivity contribution in [2.24, 2.45) is 5.41 Å². The largest absolute Gasteiger partial charge is 0.497 e. The summed E-state index contributed by atoms with van der Waals surface area (Å²) in [6.45, 7) is 6.31. The van der Waals surface area contributed by atoms with E-state index in [1.165, 1.54) is 25.3 Å². The molecule has 0 saturated heterocycles. The second kappa shape index (κ2) is 12.9. The number of carbonyl (C=O) groups is 1. The van der Waals surface area contributed by atoms with Crippen LogP contribution in [-0.2, 0) is 22.4 Å². The number of ether oxygens (including phenoxy) is 3. The van der Waals surface area contributed by atoms with Gasteiger partial charge in [-0.05, 0) is 82.8 Å². The monoisotopic (exact) mass is 548 g/mol. The van der Waals surface area contributed by atoms with Gasteiger partial charge in [-0.1, -0.05) is 64.3 Å². The van der Waals surface area contributed by atoms with E-state index in [0.717, 1.165) is 46.4 Å². The highest BCUT2D eigenvalue weighted by molar-refractivity contribution is 5.71. The highest BCUT2D eigenvalue weighted by atomic mass is 19.1. The summed E-state index contributed by atoms with van der Waals surface area (Å²) in [4.78, 5) is 11.0. The van der Waals surface area contributed by atoms with Crippen LogP contribution in [0.5, 0.6) is 11.5 Å². The van der Waals surface area contributed by atoms with Crippen LogP contribution >= 0.6 is 0 Å². The number of fused-ring (bicyclic) bond motifs is 1. The van der Waals surface area contributed by atoms with Gasteiger partial charge >= 0.3 is 5.97 Å². The molecule has 2 atom stereocenters. The number of hydrogen-bond donors (Lipinski definition) is 1. The zero-order valence-corrected chi connectivity index (χ0v) is 24.3. The Morgan fingerprint density at radius 3 is 2.40 bits per heavy atom. The molecule has 6 heteroatoms. The van der Waals surface area contributed by atoms with Gasteiger partial charge < -0.3 is 19.3 Å². The maximum absolute atomic E-state index is 15.0. The zero-order chi connectivity index (χ0) is 28.9. The minimum absolute atomic E-state index is 0.0824. The van der Waals surface area contributed by atoms with Crippen LogP contribution in [0.2, 0.25) is 0 Å². The highest BCUT2D eigenvalue weighted by Crippen LogP contribution is 2.44. The first-order valence-corrected chi connectivity index (χ1v) is 14.1. The summed E-state index contributed by atoms with van der Waals surface area (Å²) >= 11 is 0. The SMILES string of the molecule is C1CC1.COc1ccc(F)c(-c2ccc(C3CCc4ccc(CCC(=O)O)cc4O3)cc2C(OC)C(C)(C)C)c1. The molecule has 3 aromatic rings. The van der Waals surface area contributed by atoms with E-state index in [2.05, 4.69) is 26.8 Å². The number of carboxylic acid groups (broad SMARTS) is 1. The second-order valence-corrected chi connectivity index (χ2v) is 11.7. The normalized spacial score (nSPS) is 16.6. The topological polar surface area (TPSA) is 65.0 Å². The number of halogens is 1. The van der Waals surface area contributed by atoms with Gasteiger partial charge in [0, 0.05) is 19.1 Å². The van der Waals surface area contributed by atoms with Crippen LogP contribution in [0.3, 0.4) is 0 Å². The predicted molar refractivity (Wildman–Crippen MR) is 156 cm³/mol. The first-order chi connectivity index (χ1) is 19.1. The molecule has 0 bridgehead atoms. The van der Waals surface area contributed by atoms with Crippen LogP contribution in [0.4, 0.5) is 4.39 Å². The fourth-order valence-electron chi connectivity index (χ4n) is 5.08. The second-order valence-electron chi connectivity index (χ2n) is 11.7. The molecule has 1 aliphatic heterocycles. The Kier molecular flexibility index (Phi) is 9.52. The minimum Gasteiger partial charge on any atom is -0.497 e. The molecule has 2 unspecified atom stereocenters. The number of rotatable bonds is 8. The van der Waals surface area contributed by atoms with Gasteiger partial charge in [-0.3, -0.25) is 4.79 Å². The van der Waals surface area contributed by atoms with Crippen molar-refractivity contribution in [1.82, 2.24) is 0 Å². The molecular weight excluding hydrogens is 507 g/mol. The third-order valence-corrected chi connectivity index (χ3v) is 7.27. The molecule has 40 heavy (non-hydrogen) atoms. The van der Waals surface area contributed by atoms with Crippen LogP contribution in [0, 0.1) is 11.2 Å². The number of methoxy groups -OCH3 is 2. The lowest BCUT2D eigenvalue weighted by Crippen LogP contribution is -2.22. The molecule has 0 spiro atoms. The molecule has 5 nitrogen and oxygen atoms in total. The van der Waals surface area contributed by atoms with Gasteiger partial charge in [0.05, 0.1) is 13.2 Å². The van der Waals surface area contributed by atoms with Gasteiger partial charge in [0.15, 0.2) is 0 Å². The first-order valence-electron chi connectivity index (χ1n) is 14.1. The van der Waals surface area contributed by atoms with Crippen molar-refractivity contribution in [3.63, 3.8) is 0 Å². The Labute approximate surface area is 237 Å². The maximum atomic E-state index is 15.0. The van der Waals surface area contributed by atoms with Crippen LogP contribution in [0.15, 0.2) is 54.6 Å². The lowest BCUT2D eigenvalue weighted by atomic mass is 9.80. The zero-order valence-electron chi connectivity index (χ0n) is 24.3. The van der Waals surface area contributed by atoms with Crippen molar-refractivity contribution in [3.05, 3.63) is 82.7 Å². The van der Waals surface area contributed by atoms with Crippen molar-refractivity contribution in [2.45, 2.75) is 77.9 Å². The average molecular weight is 549 g/mol. The van der Waals surface area contributed by atoms with E-state index < -0.39 is 5.97 Å². The summed E-state index contributed by atoms with van der Waals surface area (Å²) in [7, 11) is 3.25. The van der Waals surface area contributed by atoms with Crippen LogP contribution in [0.1, 0.15) is 87.3 Å². The van der Waals surface area contributed by atoms with E-state index >= 15 is 4.39 Å². The van der Waals surface area contributed by atoms with E-state index in [0.29, 0.717) is 17.7 Å². The number of benzene rings is 3. The first kappa shape index (κ1) is 29.6. The van der Waals surface area contributed by atoms with E-state index in [1.807, 2.05) is 30.3 Å². The van der Waals surface area contributed by atoms with Crippen LogP contribution in [-0.4, -0.2) is 25.3 Å². The fraction of sp³-hybridized carbons (Fsp3) is 0.441. The van der Waals surface area contributed by atoms with E-state index in [1.54, 1.807) is 26.4 Å². The van der Waals surface area contributed by atoms with E-state index in [9.17, 15) is 4.79 Å². The van der Waals surface area contributed by atoms with Gasteiger partial charge in [0.2, 0.25) is 0 Å². The minimum atomic E-state index is -0.817. The molecule has 2 aliphatic rings. The molecule has 5 rings (SSSR count). The summed E-state index contributed by atoms with van der Waals surface area (Å²) in [5.41, 5.74) is 4.93. The molecule has 0 radical (unpaired) electrons. The Hall–Kier alpha value is -3.38. The Morgan fingerprint density at radius 1 is 1.02 bits per heavy atom. The van der Waals surface area contributed by atoms with Gasteiger partial charge in [0.25, 0.3) is 0 Å². The quantitative estimate of drug-likeness (QED) is 0.306. The molecule has 0 amide bonds. The van der Waals surface area contributed by atoms with Crippen molar-refractivity contribution < 1.29 is 28.5 Å². The van der Waals surface area contributed by atoms with Gasteiger partial charge in [-0.2, -0.15) is 0 Å². The van der Waals surface area contributed by atoms with E-state index in [-0.39, 0.29) is 29.9 Å². The lowest BCUT2D eigenvalue weighted by molar-refractivity contribution is -0.136. The number of aryl methyl sites for hydroxylation is 2. The summed E-state index contributed by atoms with van der Waals surface area (Å²) in [6.07, 6.45) is 6.24. The molecule has 0 aromatic heterocycles. The molecule has 1 heterocycles. The summed E-state index contributed by atoms with van der Waals surface area (Å²) in [5.74, 6) is 0.239. The van der Waals surface area contributed by atoms with Crippen molar-refractivity contribution in [2.75, 3.05) is 14.2 Å². The molecule has 214 valence electrons. The summed E-state index contributed by atoms with van der Waals surface area (Å²) in [5, 5.41) is 9.03. The molecule has 3 aromatic carbocycles. The highest BCUT2D eigenvalue weighted by Gasteiger charge is 2.31. The molecule has 1 saturated carbocycles. The maximum Gasteiger partial charge on any atom is 0.303 e. The van der Waals surface area contributed by atoms with Gasteiger partial charge in [0.1, 0.15) is 23.4 Å². The third-order valence-electron chi connectivity index (χ3n) is 7.27. The van der Waals surface area contributed by atoms with Crippen molar-refractivity contribution in [3.8, 4) is 22.6 Å². The molecular formula is C34H41FO5. The van der Waals surface area contributed by atoms with Crippen LogP contribution < -0.4 is 9.47 Å². The molecule has 1 fully saturated rings. The Morgan fingerprint density at radius 2 is 1.77 bits per heavy atom. The number of carboxylic acids is 1. The van der Waals surface area contributed by atoms with Crippen molar-refractivity contribution in [1.29, 1.82) is 0 Å². The van der Waals surface area contributed by atoms with Gasteiger partial charge in [-0.15, -0.1) is 0 Å².